The number of hydrogen-bond acceptors (Lipinski definition) is 3. The summed E-state index contributed by atoms with van der Waals surface area (Å²) in [5.74, 6) is 0. The van der Waals surface area contributed by atoms with Crippen LogP contribution in [0, 0.1) is 0 Å². The zero-order valence-electron chi connectivity index (χ0n) is 8.72. The Morgan fingerprint density at radius 3 is 2.62 bits per heavy atom. The van der Waals surface area contributed by atoms with Crippen molar-refractivity contribution in [2.24, 2.45) is 0 Å². The molecule has 0 saturated heterocycles. The normalized spacial score (nSPS) is 11.6. The van der Waals surface area contributed by atoms with Crippen molar-refractivity contribution in [1.29, 1.82) is 0 Å². The maximum absolute atomic E-state index is 11.3. The smallest absolute Gasteiger partial charge is 0.315 e. The summed E-state index contributed by atoms with van der Waals surface area (Å²) in [5, 5.41) is 13.6. The molecule has 0 fully saturated rings. The molecule has 1 aromatic rings. The van der Waals surface area contributed by atoms with Crippen LogP contribution >= 0.6 is 0 Å². The van der Waals surface area contributed by atoms with E-state index in [0.29, 0.717) is 12.8 Å². The minimum atomic E-state index is -0.851. The lowest BCUT2D eigenvalue weighted by molar-refractivity contribution is -0.110. The van der Waals surface area contributed by atoms with Gasteiger partial charge in [-0.15, -0.1) is 0 Å². The lowest BCUT2D eigenvalue weighted by Gasteiger charge is -2.10. The molecule has 16 heavy (non-hydrogen) atoms. The van der Waals surface area contributed by atoms with Gasteiger partial charge in [0.25, 0.3) is 0 Å². The van der Waals surface area contributed by atoms with Crippen molar-refractivity contribution < 1.29 is 14.7 Å². The predicted octanol–water partition coefficient (Wildman–Crippen LogP) is 0.0456. The highest BCUT2D eigenvalue weighted by atomic mass is 16.3. The number of carbonyl (C=O) groups excluding carboxylic acids is 2. The van der Waals surface area contributed by atoms with E-state index in [1.54, 1.807) is 0 Å². The molecule has 5 nitrogen and oxygen atoms in total. The van der Waals surface area contributed by atoms with Crippen LogP contribution in [0.2, 0.25) is 0 Å². The number of nitrogens with one attached hydrogen (secondary N) is 2. The largest absolute Gasteiger partial charge is 0.394 e. The number of aliphatic hydroxyl groups excluding tert-OH is 1. The summed E-state index contributed by atoms with van der Waals surface area (Å²) in [6, 6.07) is 8.06. The van der Waals surface area contributed by atoms with Crippen molar-refractivity contribution in [3.8, 4) is 0 Å². The molecule has 1 rings (SSSR count). The Morgan fingerprint density at radius 1 is 1.38 bits per heavy atom. The van der Waals surface area contributed by atoms with E-state index in [-0.39, 0.29) is 0 Å². The van der Waals surface area contributed by atoms with Crippen molar-refractivity contribution >= 4 is 12.3 Å². The predicted molar refractivity (Wildman–Crippen MR) is 58.8 cm³/mol. The van der Waals surface area contributed by atoms with Gasteiger partial charge in [0, 0.05) is 6.54 Å². The molecule has 0 spiro atoms. The van der Waals surface area contributed by atoms with Gasteiger partial charge in [0.1, 0.15) is 12.3 Å². The number of amides is 2. The van der Waals surface area contributed by atoms with Crippen molar-refractivity contribution in [1.82, 2.24) is 10.6 Å². The maximum atomic E-state index is 11.3. The maximum Gasteiger partial charge on any atom is 0.315 e. The molecule has 86 valence electrons. The number of aldehydes is 1. The Morgan fingerprint density at radius 2 is 2.06 bits per heavy atom. The summed E-state index contributed by atoms with van der Waals surface area (Å²) in [5.41, 5.74) is 0.962. The lowest BCUT2D eigenvalue weighted by atomic mass is 10.2. The van der Waals surface area contributed by atoms with Gasteiger partial charge in [0.05, 0.1) is 6.61 Å². The van der Waals surface area contributed by atoms with Crippen LogP contribution in [0.25, 0.3) is 0 Å². The van der Waals surface area contributed by atoms with Crippen LogP contribution in [0.15, 0.2) is 30.3 Å². The fourth-order valence-electron chi connectivity index (χ4n) is 1.12. The first-order valence-electron chi connectivity index (χ1n) is 4.90. The molecule has 3 N–H and O–H groups in total. The van der Waals surface area contributed by atoms with E-state index in [4.69, 9.17) is 5.11 Å². The molecular formula is C11H14N2O3. The number of hydrogen-bond donors (Lipinski definition) is 3. The van der Waals surface area contributed by atoms with E-state index < -0.39 is 18.7 Å². The standard InChI is InChI=1S/C11H14N2O3/c14-7-10(8-15)13-11(16)12-6-9-4-2-1-3-5-9/h1-5,7,10,15H,6,8H2,(H2,12,13,16)/t10-/m0/s1. The van der Waals surface area contributed by atoms with Gasteiger partial charge in [0.15, 0.2) is 0 Å². The highest BCUT2D eigenvalue weighted by Crippen LogP contribution is 1.96. The van der Waals surface area contributed by atoms with E-state index in [1.807, 2.05) is 30.3 Å². The van der Waals surface area contributed by atoms with Gasteiger partial charge in [-0.25, -0.2) is 4.79 Å². The van der Waals surface area contributed by atoms with Crippen LogP contribution < -0.4 is 10.6 Å². The average molecular weight is 222 g/mol. The average Bonchev–Trinajstić information content (AvgIpc) is 2.34. The second-order valence-electron chi connectivity index (χ2n) is 3.24. The summed E-state index contributed by atoms with van der Waals surface area (Å²) in [6.45, 7) is -0.0219. The Labute approximate surface area is 93.5 Å². The van der Waals surface area contributed by atoms with Gasteiger partial charge in [0.2, 0.25) is 0 Å². The molecule has 0 aliphatic heterocycles. The Bertz CT molecular complexity index is 340. The molecule has 0 aromatic heterocycles. The summed E-state index contributed by atoms with van der Waals surface area (Å²) >= 11 is 0. The molecule has 0 saturated carbocycles. The van der Waals surface area contributed by atoms with Crippen LogP contribution in [-0.2, 0) is 11.3 Å². The summed E-state index contributed by atoms with van der Waals surface area (Å²) in [4.78, 5) is 21.6. The molecule has 2 amide bonds. The molecular weight excluding hydrogens is 208 g/mol. The van der Waals surface area contributed by atoms with Crippen molar-refractivity contribution in [3.05, 3.63) is 35.9 Å². The van der Waals surface area contributed by atoms with Crippen LogP contribution in [0.5, 0.6) is 0 Å². The molecule has 1 aromatic carbocycles. The van der Waals surface area contributed by atoms with E-state index >= 15 is 0 Å². The second kappa shape index (κ2) is 6.58. The van der Waals surface area contributed by atoms with Gasteiger partial charge in [-0.05, 0) is 5.56 Å². The summed E-state index contributed by atoms with van der Waals surface area (Å²) in [6.07, 6.45) is 0.488. The third kappa shape index (κ3) is 4.10. The zero-order valence-corrected chi connectivity index (χ0v) is 8.72. The molecule has 0 aliphatic carbocycles. The van der Waals surface area contributed by atoms with Gasteiger partial charge in [-0.2, -0.15) is 0 Å². The molecule has 0 aliphatic rings. The van der Waals surface area contributed by atoms with E-state index in [1.165, 1.54) is 0 Å². The molecule has 0 radical (unpaired) electrons. The lowest BCUT2D eigenvalue weighted by Crippen LogP contribution is -2.44. The Hall–Kier alpha value is -1.88. The SMILES string of the molecule is O=C[C@@H](CO)NC(=O)NCc1ccccc1. The second-order valence-corrected chi connectivity index (χ2v) is 3.24. The first kappa shape index (κ1) is 12.2. The molecule has 0 unspecified atom stereocenters. The van der Waals surface area contributed by atoms with E-state index in [0.717, 1.165) is 5.56 Å². The van der Waals surface area contributed by atoms with Gasteiger partial charge in [-0.1, -0.05) is 30.3 Å². The van der Waals surface area contributed by atoms with Crippen molar-refractivity contribution in [2.75, 3.05) is 6.61 Å². The van der Waals surface area contributed by atoms with Crippen LogP contribution in [0.3, 0.4) is 0 Å². The fourth-order valence-corrected chi connectivity index (χ4v) is 1.12. The Balaban J connectivity index is 2.33. The van der Waals surface area contributed by atoms with Gasteiger partial charge < -0.3 is 20.5 Å². The van der Waals surface area contributed by atoms with E-state index in [9.17, 15) is 9.59 Å². The fraction of sp³-hybridized carbons (Fsp3) is 0.273. The highest BCUT2D eigenvalue weighted by Gasteiger charge is 2.08. The van der Waals surface area contributed by atoms with Crippen LogP contribution in [0.1, 0.15) is 5.56 Å². The Kier molecular flexibility index (Phi) is 5.01. The van der Waals surface area contributed by atoms with Crippen molar-refractivity contribution in [2.45, 2.75) is 12.6 Å². The van der Waals surface area contributed by atoms with Crippen LogP contribution in [-0.4, -0.2) is 30.1 Å². The molecule has 1 atom stereocenters. The number of urea groups is 1. The molecule has 0 heterocycles. The summed E-state index contributed by atoms with van der Waals surface area (Å²) in [7, 11) is 0. The van der Waals surface area contributed by atoms with Gasteiger partial charge >= 0.3 is 6.03 Å². The van der Waals surface area contributed by atoms with Crippen LogP contribution in [0.4, 0.5) is 4.79 Å². The third-order valence-electron chi connectivity index (χ3n) is 1.97. The zero-order chi connectivity index (χ0) is 11.8. The van der Waals surface area contributed by atoms with Gasteiger partial charge in [-0.3, -0.25) is 0 Å². The molecule has 5 heteroatoms. The first-order valence-corrected chi connectivity index (χ1v) is 4.90. The van der Waals surface area contributed by atoms with E-state index in [2.05, 4.69) is 10.6 Å². The first-order chi connectivity index (χ1) is 7.76. The minimum Gasteiger partial charge on any atom is -0.394 e. The number of rotatable bonds is 5. The number of benzene rings is 1. The van der Waals surface area contributed by atoms with Crippen molar-refractivity contribution in [3.63, 3.8) is 0 Å². The number of aliphatic hydroxyl groups is 1. The quantitative estimate of drug-likeness (QED) is 0.616. The number of carbonyl (C=O) groups is 2. The topological polar surface area (TPSA) is 78.4 Å². The third-order valence-corrected chi connectivity index (χ3v) is 1.97. The summed E-state index contributed by atoms with van der Waals surface area (Å²) < 4.78 is 0. The monoisotopic (exact) mass is 222 g/mol. The molecule has 0 bridgehead atoms. The minimum absolute atomic E-state index is 0.379. The highest BCUT2D eigenvalue weighted by molar-refractivity contribution is 5.77.